The van der Waals surface area contributed by atoms with Crippen molar-refractivity contribution < 1.29 is 9.90 Å². The van der Waals surface area contributed by atoms with Crippen LogP contribution in [0.3, 0.4) is 0 Å². The van der Waals surface area contributed by atoms with Gasteiger partial charge in [-0.15, -0.1) is 0 Å². The molecule has 0 saturated carbocycles. The van der Waals surface area contributed by atoms with Crippen LogP contribution in [0.1, 0.15) is 23.7 Å². The number of carbonyl (C=O) groups is 1. The smallest absolute Gasteiger partial charge is 0.321 e. The summed E-state index contributed by atoms with van der Waals surface area (Å²) < 4.78 is 0. The minimum absolute atomic E-state index is 0.151. The molecule has 0 aliphatic carbocycles. The zero-order valence-corrected chi connectivity index (χ0v) is 13.0. The predicted octanol–water partition coefficient (Wildman–Crippen LogP) is 3.45. The molecule has 2 amide bonds. The Bertz CT molecular complexity index is 611. The number of nitrogens with zero attached hydrogens (tertiary/aromatic N) is 1. The fourth-order valence-corrected chi connectivity index (χ4v) is 2.19. The van der Waals surface area contributed by atoms with Crippen molar-refractivity contribution in [1.82, 2.24) is 4.90 Å². The van der Waals surface area contributed by atoms with Crippen molar-refractivity contribution in [3.63, 3.8) is 0 Å². The summed E-state index contributed by atoms with van der Waals surface area (Å²) in [6.45, 7) is 0. The van der Waals surface area contributed by atoms with E-state index in [1.165, 1.54) is 4.90 Å². The van der Waals surface area contributed by atoms with E-state index in [4.69, 9.17) is 0 Å². The van der Waals surface area contributed by atoms with E-state index in [2.05, 4.69) is 5.32 Å². The molecule has 22 heavy (non-hydrogen) atoms. The minimum atomic E-state index is -0.471. The molecule has 4 heteroatoms. The van der Waals surface area contributed by atoms with Gasteiger partial charge in [0.25, 0.3) is 0 Å². The molecule has 1 unspecified atom stereocenters. The highest BCUT2D eigenvalue weighted by Crippen LogP contribution is 2.20. The van der Waals surface area contributed by atoms with Gasteiger partial charge in [0, 0.05) is 19.8 Å². The van der Waals surface area contributed by atoms with Gasteiger partial charge in [0.05, 0.1) is 6.10 Å². The van der Waals surface area contributed by atoms with Gasteiger partial charge in [-0.2, -0.15) is 0 Å². The summed E-state index contributed by atoms with van der Waals surface area (Å²) in [5.74, 6) is 0. The molecule has 0 radical (unpaired) electrons. The van der Waals surface area contributed by atoms with Gasteiger partial charge in [-0.3, -0.25) is 0 Å². The Labute approximate surface area is 131 Å². The maximum Gasteiger partial charge on any atom is 0.321 e. The van der Waals surface area contributed by atoms with E-state index in [9.17, 15) is 9.90 Å². The predicted molar refractivity (Wildman–Crippen MR) is 88.9 cm³/mol. The first-order valence-corrected chi connectivity index (χ1v) is 7.36. The van der Waals surface area contributed by atoms with Crippen LogP contribution in [-0.4, -0.2) is 30.1 Å². The van der Waals surface area contributed by atoms with Gasteiger partial charge in [-0.25, -0.2) is 4.79 Å². The standard InChI is InChI=1S/C18H22N2O2/c1-20(2)18(22)19-16-10-6-7-14(13-16)11-12-17(21)15-8-4-3-5-9-15/h3-10,13,17,21H,11-12H2,1-2H3,(H,19,22). The van der Waals surface area contributed by atoms with Crippen molar-refractivity contribution in [3.05, 3.63) is 65.7 Å². The first-order chi connectivity index (χ1) is 10.6. The normalized spacial score (nSPS) is 11.8. The molecule has 0 aromatic heterocycles. The lowest BCUT2D eigenvalue weighted by atomic mass is 10.0. The van der Waals surface area contributed by atoms with Crippen LogP contribution >= 0.6 is 0 Å². The van der Waals surface area contributed by atoms with Crippen molar-refractivity contribution in [2.45, 2.75) is 18.9 Å². The second-order valence-electron chi connectivity index (χ2n) is 5.49. The average molecular weight is 298 g/mol. The number of urea groups is 1. The number of rotatable bonds is 5. The first kappa shape index (κ1) is 16.0. The molecule has 2 aromatic rings. The van der Waals surface area contributed by atoms with Crippen LogP contribution in [0.2, 0.25) is 0 Å². The number of nitrogens with one attached hydrogen (secondary N) is 1. The Hall–Kier alpha value is -2.33. The summed E-state index contributed by atoms with van der Waals surface area (Å²) in [6.07, 6.45) is 0.929. The Kier molecular flexibility index (Phi) is 5.55. The molecule has 0 aliphatic rings. The minimum Gasteiger partial charge on any atom is -0.388 e. The van der Waals surface area contributed by atoms with Crippen molar-refractivity contribution in [3.8, 4) is 0 Å². The van der Waals surface area contributed by atoms with Gasteiger partial charge < -0.3 is 15.3 Å². The number of hydrogen-bond donors (Lipinski definition) is 2. The molecule has 0 aliphatic heterocycles. The quantitative estimate of drug-likeness (QED) is 0.888. The largest absolute Gasteiger partial charge is 0.388 e. The summed E-state index contributed by atoms with van der Waals surface area (Å²) in [5.41, 5.74) is 2.79. The third kappa shape index (κ3) is 4.60. The Morgan fingerprint density at radius 1 is 1.14 bits per heavy atom. The number of benzene rings is 2. The maximum atomic E-state index is 11.6. The van der Waals surface area contributed by atoms with E-state index in [-0.39, 0.29) is 6.03 Å². The van der Waals surface area contributed by atoms with Crippen LogP contribution in [0.5, 0.6) is 0 Å². The van der Waals surface area contributed by atoms with Crippen molar-refractivity contribution in [1.29, 1.82) is 0 Å². The zero-order chi connectivity index (χ0) is 15.9. The van der Waals surface area contributed by atoms with E-state index < -0.39 is 6.10 Å². The maximum absolute atomic E-state index is 11.6. The number of aryl methyl sites for hydroxylation is 1. The molecule has 2 aromatic carbocycles. The number of aliphatic hydroxyl groups is 1. The molecular formula is C18H22N2O2. The van der Waals surface area contributed by atoms with E-state index in [1.807, 2.05) is 54.6 Å². The summed E-state index contributed by atoms with van der Waals surface area (Å²) in [7, 11) is 3.41. The molecule has 0 bridgehead atoms. The van der Waals surface area contributed by atoms with E-state index >= 15 is 0 Å². The summed E-state index contributed by atoms with van der Waals surface area (Å²) >= 11 is 0. The molecule has 0 saturated heterocycles. The van der Waals surface area contributed by atoms with E-state index in [0.29, 0.717) is 6.42 Å². The van der Waals surface area contributed by atoms with Crippen LogP contribution < -0.4 is 5.32 Å². The van der Waals surface area contributed by atoms with E-state index in [0.717, 1.165) is 23.2 Å². The second-order valence-corrected chi connectivity index (χ2v) is 5.49. The molecule has 4 nitrogen and oxygen atoms in total. The highest BCUT2D eigenvalue weighted by atomic mass is 16.3. The number of amides is 2. The highest BCUT2D eigenvalue weighted by molar-refractivity contribution is 5.88. The number of anilines is 1. The molecule has 0 spiro atoms. The van der Waals surface area contributed by atoms with Gasteiger partial charge in [0.15, 0.2) is 0 Å². The van der Waals surface area contributed by atoms with Gasteiger partial charge in [-0.05, 0) is 36.1 Å². The molecule has 0 fully saturated rings. The van der Waals surface area contributed by atoms with Crippen LogP contribution in [0.15, 0.2) is 54.6 Å². The Morgan fingerprint density at radius 3 is 2.55 bits per heavy atom. The Balaban J connectivity index is 1.94. The third-order valence-corrected chi connectivity index (χ3v) is 3.48. The van der Waals surface area contributed by atoms with Crippen LogP contribution in [0.4, 0.5) is 10.5 Å². The second kappa shape index (κ2) is 7.61. The van der Waals surface area contributed by atoms with Gasteiger partial charge >= 0.3 is 6.03 Å². The zero-order valence-electron chi connectivity index (χ0n) is 13.0. The summed E-state index contributed by atoms with van der Waals surface area (Å²) in [6, 6.07) is 17.2. The monoisotopic (exact) mass is 298 g/mol. The average Bonchev–Trinajstić information content (AvgIpc) is 2.53. The lowest BCUT2D eigenvalue weighted by Crippen LogP contribution is -2.27. The van der Waals surface area contributed by atoms with E-state index in [1.54, 1.807) is 14.1 Å². The highest BCUT2D eigenvalue weighted by Gasteiger charge is 2.08. The molecule has 0 heterocycles. The Morgan fingerprint density at radius 2 is 1.86 bits per heavy atom. The summed E-state index contributed by atoms with van der Waals surface area (Å²) in [5, 5.41) is 13.0. The molecular weight excluding hydrogens is 276 g/mol. The molecule has 1 atom stereocenters. The van der Waals surface area contributed by atoms with Crippen LogP contribution in [-0.2, 0) is 6.42 Å². The fraction of sp³-hybridized carbons (Fsp3) is 0.278. The number of carbonyl (C=O) groups excluding carboxylic acids is 1. The van der Waals surface area contributed by atoms with Crippen molar-refractivity contribution in [2.75, 3.05) is 19.4 Å². The fourth-order valence-electron chi connectivity index (χ4n) is 2.19. The molecule has 116 valence electrons. The molecule has 2 rings (SSSR count). The third-order valence-electron chi connectivity index (χ3n) is 3.48. The van der Waals surface area contributed by atoms with Crippen LogP contribution in [0.25, 0.3) is 0 Å². The van der Waals surface area contributed by atoms with Gasteiger partial charge in [0.2, 0.25) is 0 Å². The molecule has 2 N–H and O–H groups in total. The lowest BCUT2D eigenvalue weighted by Gasteiger charge is -2.14. The SMILES string of the molecule is CN(C)C(=O)Nc1cccc(CCC(O)c2ccccc2)c1. The lowest BCUT2D eigenvalue weighted by molar-refractivity contribution is 0.168. The summed E-state index contributed by atoms with van der Waals surface area (Å²) in [4.78, 5) is 13.1. The van der Waals surface area contributed by atoms with Crippen LogP contribution in [0, 0.1) is 0 Å². The van der Waals surface area contributed by atoms with Gasteiger partial charge in [0.1, 0.15) is 0 Å². The van der Waals surface area contributed by atoms with Gasteiger partial charge in [-0.1, -0.05) is 42.5 Å². The number of hydrogen-bond acceptors (Lipinski definition) is 2. The topological polar surface area (TPSA) is 52.6 Å². The number of aliphatic hydroxyl groups excluding tert-OH is 1. The first-order valence-electron chi connectivity index (χ1n) is 7.36. The van der Waals surface area contributed by atoms with Crippen molar-refractivity contribution >= 4 is 11.7 Å². The van der Waals surface area contributed by atoms with Crippen molar-refractivity contribution in [2.24, 2.45) is 0 Å².